The molecule has 0 fully saturated rings. The van der Waals surface area contributed by atoms with Crippen molar-refractivity contribution in [2.45, 2.75) is 19.8 Å². The molecule has 3 N–H and O–H groups in total. The number of rotatable bonds is 8. The molecule has 0 aliphatic heterocycles. The molecule has 7 nitrogen and oxygen atoms in total. The number of nitrogens with one attached hydrogen (secondary N) is 2. The fourth-order valence-electron chi connectivity index (χ4n) is 3.08. The highest BCUT2D eigenvalue weighted by atomic mass is 32.1. The molecule has 1 heterocycles. The number of hydrogen-bond donors (Lipinski definition) is 3. The number of benzene rings is 2. The minimum Gasteiger partial charge on any atom is -0.495 e. The maximum absolute atomic E-state index is 13.2. The minimum absolute atomic E-state index is 0.180. The molecule has 0 unspecified atom stereocenters. The number of amides is 2. The Kier molecular flexibility index (Phi) is 7.04. The molecule has 0 atom stereocenters. The van der Waals surface area contributed by atoms with Crippen molar-refractivity contribution in [3.05, 3.63) is 65.7 Å². The standard InChI is InChI=1S/C23H22N2O5S/c1-14-20(22(29)24-16-10-6-7-11-17(16)30-2)23(25-18(26)12-13-19(27)28)31-21(14)15-8-4-3-5-9-15/h3-11H,12-13H2,1-2H3,(H,24,29)(H,25,26)(H,27,28). The van der Waals surface area contributed by atoms with E-state index in [0.717, 1.165) is 16.0 Å². The number of anilines is 2. The van der Waals surface area contributed by atoms with Crippen LogP contribution < -0.4 is 15.4 Å². The summed E-state index contributed by atoms with van der Waals surface area (Å²) >= 11 is 1.28. The molecule has 8 heteroatoms. The van der Waals surface area contributed by atoms with E-state index in [2.05, 4.69) is 10.6 Å². The van der Waals surface area contributed by atoms with E-state index in [0.29, 0.717) is 22.0 Å². The smallest absolute Gasteiger partial charge is 0.303 e. The SMILES string of the molecule is COc1ccccc1NC(=O)c1c(NC(=O)CCC(=O)O)sc(-c2ccccc2)c1C. The van der Waals surface area contributed by atoms with Gasteiger partial charge in [-0.15, -0.1) is 11.3 Å². The topological polar surface area (TPSA) is 105 Å². The second-order valence-corrected chi connectivity index (χ2v) is 7.74. The highest BCUT2D eigenvalue weighted by molar-refractivity contribution is 7.20. The molecule has 0 aliphatic carbocycles. The Hall–Kier alpha value is -3.65. The van der Waals surface area contributed by atoms with E-state index in [4.69, 9.17) is 9.84 Å². The first-order valence-electron chi connectivity index (χ1n) is 9.55. The van der Waals surface area contributed by atoms with Crippen molar-refractivity contribution in [1.82, 2.24) is 0 Å². The molecular weight excluding hydrogens is 416 g/mol. The van der Waals surface area contributed by atoms with Gasteiger partial charge in [0, 0.05) is 11.3 Å². The van der Waals surface area contributed by atoms with Gasteiger partial charge in [-0.25, -0.2) is 0 Å². The van der Waals surface area contributed by atoms with Crippen LogP contribution in [-0.4, -0.2) is 30.0 Å². The lowest BCUT2D eigenvalue weighted by Gasteiger charge is -2.11. The summed E-state index contributed by atoms with van der Waals surface area (Å²) in [5.41, 5.74) is 2.47. The molecule has 0 saturated heterocycles. The molecule has 0 aliphatic rings. The summed E-state index contributed by atoms with van der Waals surface area (Å²) in [6.45, 7) is 1.82. The number of thiophene rings is 1. The van der Waals surface area contributed by atoms with Gasteiger partial charge in [-0.3, -0.25) is 14.4 Å². The Morgan fingerprint density at radius 3 is 2.32 bits per heavy atom. The number of aliphatic carboxylic acids is 1. The summed E-state index contributed by atoms with van der Waals surface area (Å²) in [7, 11) is 1.52. The average Bonchev–Trinajstić information content (AvgIpc) is 3.09. The lowest BCUT2D eigenvalue weighted by Crippen LogP contribution is -2.18. The van der Waals surface area contributed by atoms with Crippen molar-refractivity contribution in [2.75, 3.05) is 17.7 Å². The van der Waals surface area contributed by atoms with E-state index in [-0.39, 0.29) is 12.8 Å². The molecule has 3 aromatic rings. The van der Waals surface area contributed by atoms with Gasteiger partial charge in [0.15, 0.2) is 0 Å². The number of para-hydroxylation sites is 2. The molecule has 0 saturated carbocycles. The summed E-state index contributed by atoms with van der Waals surface area (Å²) in [5.74, 6) is -1.40. The van der Waals surface area contributed by atoms with Crippen molar-refractivity contribution in [3.8, 4) is 16.2 Å². The quantitative estimate of drug-likeness (QED) is 0.469. The molecule has 2 aromatic carbocycles. The highest BCUT2D eigenvalue weighted by Gasteiger charge is 2.24. The van der Waals surface area contributed by atoms with E-state index in [1.807, 2.05) is 37.3 Å². The van der Waals surface area contributed by atoms with Gasteiger partial charge in [-0.1, -0.05) is 42.5 Å². The average molecular weight is 439 g/mol. The largest absolute Gasteiger partial charge is 0.495 e. The van der Waals surface area contributed by atoms with E-state index in [9.17, 15) is 14.4 Å². The van der Waals surface area contributed by atoms with Crippen LogP contribution in [0.3, 0.4) is 0 Å². The van der Waals surface area contributed by atoms with E-state index in [1.54, 1.807) is 24.3 Å². The first-order valence-corrected chi connectivity index (χ1v) is 10.4. The zero-order chi connectivity index (χ0) is 22.4. The molecule has 0 spiro atoms. The molecule has 0 bridgehead atoms. The molecule has 0 radical (unpaired) electrons. The van der Waals surface area contributed by atoms with Crippen LogP contribution in [0.25, 0.3) is 10.4 Å². The summed E-state index contributed by atoms with van der Waals surface area (Å²) in [6.07, 6.45) is -0.467. The van der Waals surface area contributed by atoms with Gasteiger partial charge in [0.25, 0.3) is 5.91 Å². The third kappa shape index (κ3) is 5.29. The van der Waals surface area contributed by atoms with E-state index < -0.39 is 17.8 Å². The van der Waals surface area contributed by atoms with Crippen molar-refractivity contribution < 1.29 is 24.2 Å². The predicted octanol–water partition coefficient (Wildman–Crippen LogP) is 4.79. The molecule has 2 amide bonds. The Morgan fingerprint density at radius 2 is 1.65 bits per heavy atom. The number of carboxylic acids is 1. The minimum atomic E-state index is -1.06. The normalized spacial score (nSPS) is 10.4. The van der Waals surface area contributed by atoms with Crippen molar-refractivity contribution in [2.24, 2.45) is 0 Å². The Bertz CT molecular complexity index is 1110. The molecular formula is C23H22N2O5S. The van der Waals surface area contributed by atoms with Gasteiger partial charge >= 0.3 is 5.97 Å². The van der Waals surface area contributed by atoms with Crippen molar-refractivity contribution >= 4 is 39.8 Å². The fraction of sp³-hybridized carbons (Fsp3) is 0.174. The van der Waals surface area contributed by atoms with Gasteiger partial charge < -0.3 is 20.5 Å². The highest BCUT2D eigenvalue weighted by Crippen LogP contribution is 2.40. The number of carbonyl (C=O) groups excluding carboxylic acids is 2. The number of methoxy groups -OCH3 is 1. The third-order valence-corrected chi connectivity index (χ3v) is 5.84. The van der Waals surface area contributed by atoms with Crippen LogP contribution in [0.2, 0.25) is 0 Å². The van der Waals surface area contributed by atoms with Crippen molar-refractivity contribution in [3.63, 3.8) is 0 Å². The van der Waals surface area contributed by atoms with Crippen LogP contribution >= 0.6 is 11.3 Å². The fourth-order valence-corrected chi connectivity index (χ4v) is 4.31. The summed E-state index contributed by atoms with van der Waals surface area (Å²) in [6, 6.07) is 16.6. The lowest BCUT2D eigenvalue weighted by atomic mass is 10.1. The Morgan fingerprint density at radius 1 is 0.968 bits per heavy atom. The second kappa shape index (κ2) is 9.90. The maximum Gasteiger partial charge on any atom is 0.303 e. The van der Waals surface area contributed by atoms with E-state index in [1.165, 1.54) is 18.4 Å². The number of ether oxygens (including phenoxy) is 1. The van der Waals surface area contributed by atoms with Gasteiger partial charge in [0.05, 0.1) is 24.8 Å². The Balaban J connectivity index is 1.98. The second-order valence-electron chi connectivity index (χ2n) is 6.72. The summed E-state index contributed by atoms with van der Waals surface area (Å²) in [4.78, 5) is 37.1. The first-order chi connectivity index (χ1) is 14.9. The van der Waals surface area contributed by atoms with Crippen LogP contribution in [0.5, 0.6) is 5.75 Å². The first kappa shape index (κ1) is 22.0. The zero-order valence-corrected chi connectivity index (χ0v) is 17.9. The van der Waals surface area contributed by atoms with Crippen LogP contribution in [0.1, 0.15) is 28.8 Å². The van der Waals surface area contributed by atoms with Gasteiger partial charge in [-0.05, 0) is 30.2 Å². The van der Waals surface area contributed by atoms with Crippen LogP contribution in [0.15, 0.2) is 54.6 Å². The Labute approximate surface area is 183 Å². The summed E-state index contributed by atoms with van der Waals surface area (Å²) in [5, 5.41) is 14.8. The molecule has 1 aromatic heterocycles. The number of carbonyl (C=O) groups is 3. The van der Waals surface area contributed by atoms with Gasteiger partial charge in [0.1, 0.15) is 10.8 Å². The molecule has 31 heavy (non-hydrogen) atoms. The number of carboxylic acid groups (broad SMARTS) is 1. The number of hydrogen-bond acceptors (Lipinski definition) is 5. The van der Waals surface area contributed by atoms with Gasteiger partial charge in [0.2, 0.25) is 5.91 Å². The van der Waals surface area contributed by atoms with E-state index >= 15 is 0 Å². The third-order valence-electron chi connectivity index (χ3n) is 4.58. The molecule has 160 valence electrons. The predicted molar refractivity (Wildman–Crippen MR) is 121 cm³/mol. The van der Waals surface area contributed by atoms with Crippen LogP contribution in [0.4, 0.5) is 10.7 Å². The lowest BCUT2D eigenvalue weighted by molar-refractivity contribution is -0.138. The summed E-state index contributed by atoms with van der Waals surface area (Å²) < 4.78 is 5.30. The zero-order valence-electron chi connectivity index (χ0n) is 17.1. The molecule has 3 rings (SSSR count). The van der Waals surface area contributed by atoms with Gasteiger partial charge in [-0.2, -0.15) is 0 Å². The van der Waals surface area contributed by atoms with Crippen molar-refractivity contribution in [1.29, 1.82) is 0 Å². The maximum atomic E-state index is 13.2. The van der Waals surface area contributed by atoms with Crippen LogP contribution in [-0.2, 0) is 9.59 Å². The van der Waals surface area contributed by atoms with Crippen LogP contribution in [0, 0.1) is 6.92 Å². The monoisotopic (exact) mass is 438 g/mol.